The number of nitrogens with two attached hydrogens (primary N) is 1. The normalized spacial score (nSPS) is 21.7. The molecule has 1 heterocycles. The molecule has 2 amide bonds. The number of hydrogen-bond donors (Lipinski definition) is 3. The molecule has 5 nitrogen and oxygen atoms in total. The molecule has 0 saturated heterocycles. The van der Waals surface area contributed by atoms with E-state index in [1.54, 1.807) is 26.0 Å². The first kappa shape index (κ1) is 13.9. The van der Waals surface area contributed by atoms with Gasteiger partial charge in [0.25, 0.3) is 11.8 Å². The summed E-state index contributed by atoms with van der Waals surface area (Å²) in [6, 6.07) is 7.30. The third kappa shape index (κ3) is 2.18. The van der Waals surface area contributed by atoms with E-state index in [0.29, 0.717) is 5.57 Å². The number of carbonyl (C=O) groups is 2. The second-order valence-corrected chi connectivity index (χ2v) is 4.68. The topological polar surface area (TPSA) is 84.2 Å². The van der Waals surface area contributed by atoms with Crippen molar-refractivity contribution in [3.05, 3.63) is 53.8 Å². The first-order valence-electron chi connectivity index (χ1n) is 6.31. The highest BCUT2D eigenvalue weighted by atomic mass is 16.2. The number of amides is 2. The molecule has 1 aliphatic rings. The summed E-state index contributed by atoms with van der Waals surface area (Å²) >= 11 is 0. The zero-order valence-corrected chi connectivity index (χ0v) is 11.4. The van der Waals surface area contributed by atoms with Gasteiger partial charge in [-0.3, -0.25) is 9.59 Å². The first-order chi connectivity index (χ1) is 9.52. The minimum Gasteiger partial charge on any atom is -0.405 e. The van der Waals surface area contributed by atoms with Crippen molar-refractivity contribution in [2.45, 2.75) is 19.4 Å². The Balaban J connectivity index is 2.33. The molecule has 0 bridgehead atoms. The molecular weight excluding hydrogens is 254 g/mol. The lowest BCUT2D eigenvalue weighted by molar-refractivity contribution is -0.127. The predicted octanol–water partition coefficient (Wildman–Crippen LogP) is 1.39. The molecule has 5 heteroatoms. The smallest absolute Gasteiger partial charge is 0.254 e. The molecule has 1 unspecified atom stereocenters. The molecule has 1 atom stereocenters. The van der Waals surface area contributed by atoms with Crippen LogP contribution in [-0.2, 0) is 15.1 Å². The number of fused-ring (bicyclic) bond motifs is 1. The Labute approximate surface area is 117 Å². The molecule has 0 radical (unpaired) electrons. The van der Waals surface area contributed by atoms with Crippen molar-refractivity contribution in [3.63, 3.8) is 0 Å². The van der Waals surface area contributed by atoms with Crippen LogP contribution in [0.25, 0.3) is 0 Å². The molecule has 0 aromatic heterocycles. The maximum atomic E-state index is 12.2. The van der Waals surface area contributed by atoms with Crippen LogP contribution in [0.1, 0.15) is 19.4 Å². The van der Waals surface area contributed by atoms with Gasteiger partial charge in [0.05, 0.1) is 0 Å². The first-order valence-corrected chi connectivity index (χ1v) is 6.31. The lowest BCUT2D eigenvalue weighted by Crippen LogP contribution is -2.48. The van der Waals surface area contributed by atoms with Crippen molar-refractivity contribution in [3.8, 4) is 0 Å². The summed E-state index contributed by atoms with van der Waals surface area (Å²) in [6.45, 7) is 3.42. The molecule has 0 saturated carbocycles. The van der Waals surface area contributed by atoms with Crippen molar-refractivity contribution in [1.82, 2.24) is 5.32 Å². The van der Waals surface area contributed by atoms with Gasteiger partial charge in [-0.05, 0) is 32.2 Å². The Kier molecular flexibility index (Phi) is 3.61. The fraction of sp³-hybridized carbons (Fsp3) is 0.200. The number of carbonyl (C=O) groups excluding carboxylic acids is 2. The average molecular weight is 271 g/mol. The van der Waals surface area contributed by atoms with Gasteiger partial charge < -0.3 is 16.4 Å². The zero-order valence-electron chi connectivity index (χ0n) is 11.4. The molecule has 4 N–H and O–H groups in total. The van der Waals surface area contributed by atoms with Crippen molar-refractivity contribution in [1.29, 1.82) is 0 Å². The van der Waals surface area contributed by atoms with E-state index in [1.807, 2.05) is 18.2 Å². The molecule has 1 aromatic rings. The van der Waals surface area contributed by atoms with E-state index in [-0.39, 0.29) is 11.8 Å². The highest BCUT2D eigenvalue weighted by Gasteiger charge is 2.43. The van der Waals surface area contributed by atoms with E-state index in [1.165, 1.54) is 12.3 Å². The number of hydrogen-bond acceptors (Lipinski definition) is 3. The minimum atomic E-state index is -1.08. The monoisotopic (exact) mass is 271 g/mol. The summed E-state index contributed by atoms with van der Waals surface area (Å²) in [7, 11) is 0. The Bertz CT molecular complexity index is 619. The van der Waals surface area contributed by atoms with Crippen LogP contribution in [0.4, 0.5) is 5.69 Å². The quantitative estimate of drug-likeness (QED) is 0.573. The standard InChI is InChI=1S/C15H17N3O2/c1-3-10(8-9-16)13(19)18-15(2)11-6-4-5-7-12(11)17-14(15)20/h3-9H,16H2,1-2H3,(H,17,20)(H,18,19)/b9-8-,10-3+. The molecular formula is C15H17N3O2. The number of para-hydroxylation sites is 1. The molecule has 2 rings (SSSR count). The summed E-state index contributed by atoms with van der Waals surface area (Å²) in [5.74, 6) is -0.595. The largest absolute Gasteiger partial charge is 0.405 e. The lowest BCUT2D eigenvalue weighted by atomic mass is 9.93. The maximum Gasteiger partial charge on any atom is 0.254 e. The van der Waals surface area contributed by atoms with Gasteiger partial charge in [0.1, 0.15) is 5.54 Å². The maximum absolute atomic E-state index is 12.2. The van der Waals surface area contributed by atoms with Crippen LogP contribution >= 0.6 is 0 Å². The van der Waals surface area contributed by atoms with Crippen molar-refractivity contribution in [2.75, 3.05) is 5.32 Å². The van der Waals surface area contributed by atoms with E-state index in [4.69, 9.17) is 5.73 Å². The molecule has 20 heavy (non-hydrogen) atoms. The minimum absolute atomic E-state index is 0.251. The third-order valence-electron chi connectivity index (χ3n) is 3.38. The van der Waals surface area contributed by atoms with Crippen molar-refractivity contribution in [2.24, 2.45) is 5.73 Å². The van der Waals surface area contributed by atoms with Crippen LogP contribution in [0.15, 0.2) is 48.2 Å². The summed E-state index contributed by atoms with van der Waals surface area (Å²) < 4.78 is 0. The lowest BCUT2D eigenvalue weighted by Gasteiger charge is -2.24. The van der Waals surface area contributed by atoms with E-state index in [0.717, 1.165) is 11.3 Å². The highest BCUT2D eigenvalue weighted by molar-refractivity contribution is 6.09. The Morgan fingerprint density at radius 2 is 2.10 bits per heavy atom. The number of nitrogens with one attached hydrogen (secondary N) is 2. The van der Waals surface area contributed by atoms with Gasteiger partial charge in [0.2, 0.25) is 0 Å². The molecule has 1 aliphatic heterocycles. The number of allylic oxidation sites excluding steroid dienone is 1. The van der Waals surface area contributed by atoms with Crippen molar-refractivity contribution >= 4 is 17.5 Å². The Morgan fingerprint density at radius 3 is 2.75 bits per heavy atom. The van der Waals surface area contributed by atoms with Crippen LogP contribution in [0, 0.1) is 0 Å². The van der Waals surface area contributed by atoms with E-state index < -0.39 is 5.54 Å². The number of rotatable bonds is 3. The van der Waals surface area contributed by atoms with Gasteiger partial charge in [-0.15, -0.1) is 0 Å². The van der Waals surface area contributed by atoms with Gasteiger partial charge in [-0.2, -0.15) is 0 Å². The van der Waals surface area contributed by atoms with Gasteiger partial charge in [-0.25, -0.2) is 0 Å². The molecule has 0 fully saturated rings. The molecule has 1 aromatic carbocycles. The summed E-state index contributed by atoms with van der Waals surface area (Å²) in [4.78, 5) is 24.4. The van der Waals surface area contributed by atoms with Crippen LogP contribution in [0.5, 0.6) is 0 Å². The SMILES string of the molecule is C/C=C(\C=C/N)C(=O)NC1(C)C(=O)Nc2ccccc21. The Hall–Kier alpha value is -2.56. The molecule has 104 valence electrons. The highest BCUT2D eigenvalue weighted by Crippen LogP contribution is 2.35. The number of benzene rings is 1. The summed E-state index contributed by atoms with van der Waals surface area (Å²) in [5.41, 5.74) is 6.11. The van der Waals surface area contributed by atoms with Crippen LogP contribution in [0.2, 0.25) is 0 Å². The second-order valence-electron chi connectivity index (χ2n) is 4.68. The fourth-order valence-corrected chi connectivity index (χ4v) is 2.23. The van der Waals surface area contributed by atoms with Crippen LogP contribution in [0.3, 0.4) is 0 Å². The van der Waals surface area contributed by atoms with Gasteiger partial charge >= 0.3 is 0 Å². The Morgan fingerprint density at radius 1 is 1.40 bits per heavy atom. The van der Waals surface area contributed by atoms with Gasteiger partial charge in [0.15, 0.2) is 0 Å². The average Bonchev–Trinajstić information content (AvgIpc) is 2.68. The number of anilines is 1. The van der Waals surface area contributed by atoms with Crippen LogP contribution < -0.4 is 16.4 Å². The molecule has 0 aliphatic carbocycles. The fourth-order valence-electron chi connectivity index (χ4n) is 2.23. The zero-order chi connectivity index (χ0) is 14.8. The van der Waals surface area contributed by atoms with Crippen molar-refractivity contribution < 1.29 is 9.59 Å². The second kappa shape index (κ2) is 5.21. The summed E-state index contributed by atoms with van der Waals surface area (Å²) in [5, 5.41) is 5.54. The van der Waals surface area contributed by atoms with Gasteiger partial charge in [0, 0.05) is 16.8 Å². The van der Waals surface area contributed by atoms with Crippen LogP contribution in [-0.4, -0.2) is 11.8 Å². The van der Waals surface area contributed by atoms with E-state index in [9.17, 15) is 9.59 Å². The van der Waals surface area contributed by atoms with Gasteiger partial charge in [-0.1, -0.05) is 24.3 Å². The predicted molar refractivity (Wildman–Crippen MR) is 77.7 cm³/mol. The summed E-state index contributed by atoms with van der Waals surface area (Å²) in [6.07, 6.45) is 4.43. The molecule has 0 spiro atoms. The van der Waals surface area contributed by atoms with E-state index in [2.05, 4.69) is 10.6 Å². The third-order valence-corrected chi connectivity index (χ3v) is 3.38. The van der Waals surface area contributed by atoms with E-state index >= 15 is 0 Å².